The fourth-order valence-electron chi connectivity index (χ4n) is 1.98. The van der Waals surface area contributed by atoms with E-state index in [4.69, 9.17) is 0 Å². The molecule has 0 atom stereocenters. The average Bonchev–Trinajstić information content (AvgIpc) is 2.89. The van der Waals surface area contributed by atoms with E-state index in [1.54, 1.807) is 0 Å². The summed E-state index contributed by atoms with van der Waals surface area (Å²) in [5, 5.41) is 0. The highest BCUT2D eigenvalue weighted by atomic mass is 19.4. The lowest BCUT2D eigenvalue weighted by Crippen LogP contribution is -2.70. The summed E-state index contributed by atoms with van der Waals surface area (Å²) in [4.78, 5) is 2.19. The van der Waals surface area contributed by atoms with Crippen molar-refractivity contribution in [2.75, 3.05) is 20.3 Å². The molecule has 0 N–H and O–H groups in total. The number of halogens is 13. The summed E-state index contributed by atoms with van der Waals surface area (Å²) in [5.74, 6) is -36.5. The smallest absolute Gasteiger partial charge is 0.362 e. The van der Waals surface area contributed by atoms with Gasteiger partial charge < -0.3 is 9.80 Å². The van der Waals surface area contributed by atoms with Crippen molar-refractivity contribution in [2.24, 2.45) is 0 Å². The highest BCUT2D eigenvalue weighted by molar-refractivity contribution is 5.10. The average molecular weight is 430 g/mol. The molecule has 1 rings (SSSR count). The minimum absolute atomic E-state index is 0.166. The third-order valence-electron chi connectivity index (χ3n) is 3.65. The molecule has 2 nitrogen and oxygen atoms in total. The van der Waals surface area contributed by atoms with Crippen LogP contribution in [0.25, 0.3) is 0 Å². The molecule has 0 bridgehead atoms. The summed E-state index contributed by atoms with van der Waals surface area (Å²) in [6.45, 7) is -1.26. The summed E-state index contributed by atoms with van der Waals surface area (Å²) in [7, 11) is 1.40. The van der Waals surface area contributed by atoms with Crippen LogP contribution in [-0.2, 0) is 0 Å². The Morgan fingerprint density at radius 2 is 1.11 bits per heavy atom. The largest absolute Gasteiger partial charge is 0.460 e. The van der Waals surface area contributed by atoms with E-state index >= 15 is 0 Å². The van der Waals surface area contributed by atoms with Gasteiger partial charge in [-0.25, -0.2) is 0 Å². The Morgan fingerprint density at radius 3 is 1.48 bits per heavy atom. The summed E-state index contributed by atoms with van der Waals surface area (Å²) >= 11 is 0. The van der Waals surface area contributed by atoms with Gasteiger partial charge in [-0.15, -0.1) is 0 Å². The molecule has 0 fully saturated rings. The second kappa shape index (κ2) is 6.50. The summed E-state index contributed by atoms with van der Waals surface area (Å²) in [6, 6.07) is 0. The maximum atomic E-state index is 13.5. The molecule has 0 saturated carbocycles. The van der Waals surface area contributed by atoms with Crippen LogP contribution in [0.4, 0.5) is 57.1 Å². The number of alkyl halides is 13. The van der Waals surface area contributed by atoms with Crippen molar-refractivity contribution < 1.29 is 57.1 Å². The lowest BCUT2D eigenvalue weighted by molar-refractivity contribution is -0.440. The molecule has 15 heteroatoms. The molecule has 0 unspecified atom stereocenters. The molecule has 1 aliphatic rings. The zero-order chi connectivity index (χ0) is 21.7. The van der Waals surface area contributed by atoms with E-state index in [2.05, 4.69) is 0 Å². The van der Waals surface area contributed by atoms with E-state index in [1.165, 1.54) is 18.1 Å². The summed E-state index contributed by atoms with van der Waals surface area (Å²) < 4.78 is 167. The standard InChI is InChI=1S/C12H11F13N2/c1-26-4-5-27(6-26)3-2-7(13,14)8(15,16)9(17,18)10(19,20)11(21,22)12(23,24)25/h4-5H,2-3,6H2,1H3. The van der Waals surface area contributed by atoms with Crippen molar-refractivity contribution in [3.63, 3.8) is 0 Å². The first-order chi connectivity index (χ1) is 11.7. The normalized spacial score (nSPS) is 17.9. The molecular weight excluding hydrogens is 419 g/mol. The predicted molar refractivity (Wildman–Crippen MR) is 63.9 cm³/mol. The second-order valence-corrected chi connectivity index (χ2v) is 5.76. The van der Waals surface area contributed by atoms with Crippen LogP contribution in [0, 0.1) is 0 Å². The molecule has 0 radical (unpaired) electrons. The van der Waals surface area contributed by atoms with E-state index in [1.807, 2.05) is 0 Å². The molecular formula is C12H11F13N2. The molecule has 1 aliphatic heterocycles. The van der Waals surface area contributed by atoms with E-state index in [0.29, 0.717) is 0 Å². The molecule has 0 aromatic rings. The van der Waals surface area contributed by atoms with Crippen LogP contribution in [0.3, 0.4) is 0 Å². The predicted octanol–water partition coefficient (Wildman–Crippen LogP) is 4.79. The van der Waals surface area contributed by atoms with Crippen molar-refractivity contribution in [3.05, 3.63) is 12.4 Å². The third-order valence-corrected chi connectivity index (χ3v) is 3.65. The van der Waals surface area contributed by atoms with Crippen molar-refractivity contribution >= 4 is 0 Å². The van der Waals surface area contributed by atoms with Gasteiger partial charge in [0.2, 0.25) is 0 Å². The van der Waals surface area contributed by atoms with E-state index in [-0.39, 0.29) is 6.67 Å². The van der Waals surface area contributed by atoms with E-state index in [9.17, 15) is 57.1 Å². The Morgan fingerprint density at radius 1 is 0.667 bits per heavy atom. The van der Waals surface area contributed by atoms with Crippen LogP contribution in [0.1, 0.15) is 6.42 Å². The molecule has 27 heavy (non-hydrogen) atoms. The number of hydrogen-bond acceptors (Lipinski definition) is 2. The maximum Gasteiger partial charge on any atom is 0.460 e. The lowest BCUT2D eigenvalue weighted by atomic mass is 9.92. The van der Waals surface area contributed by atoms with Crippen LogP contribution < -0.4 is 0 Å². The van der Waals surface area contributed by atoms with Gasteiger partial charge in [0.25, 0.3) is 0 Å². The zero-order valence-corrected chi connectivity index (χ0v) is 13.1. The zero-order valence-electron chi connectivity index (χ0n) is 13.1. The highest BCUT2D eigenvalue weighted by Crippen LogP contribution is 2.60. The Hall–Kier alpha value is -1.57. The fraction of sp³-hybridized carbons (Fsp3) is 0.833. The van der Waals surface area contributed by atoms with Gasteiger partial charge in [0.1, 0.15) is 0 Å². The van der Waals surface area contributed by atoms with Crippen LogP contribution in [0.5, 0.6) is 0 Å². The topological polar surface area (TPSA) is 6.48 Å². The minimum Gasteiger partial charge on any atom is -0.362 e. The Bertz CT molecular complexity index is 566. The van der Waals surface area contributed by atoms with Crippen LogP contribution in [0.2, 0.25) is 0 Å². The molecule has 0 spiro atoms. The summed E-state index contributed by atoms with van der Waals surface area (Å²) in [6.07, 6.45) is -7.31. The SMILES string of the molecule is CN1C=CN(CCC(F)(F)C(F)(F)C(F)(F)C(F)(F)C(F)(F)C(F)(F)F)C1. The first-order valence-electron chi connectivity index (χ1n) is 6.81. The van der Waals surface area contributed by atoms with Gasteiger partial charge in [-0.05, 0) is 0 Å². The van der Waals surface area contributed by atoms with Gasteiger partial charge in [-0.3, -0.25) is 0 Å². The fourth-order valence-corrected chi connectivity index (χ4v) is 1.98. The first kappa shape index (κ1) is 23.5. The van der Waals surface area contributed by atoms with Crippen LogP contribution in [-0.4, -0.2) is 65.8 Å². The summed E-state index contributed by atoms with van der Waals surface area (Å²) in [5.41, 5.74) is 0. The third kappa shape index (κ3) is 3.60. The number of nitrogens with zero attached hydrogens (tertiary/aromatic N) is 2. The molecule has 1 heterocycles. The van der Waals surface area contributed by atoms with Gasteiger partial charge in [-0.1, -0.05) is 0 Å². The van der Waals surface area contributed by atoms with Crippen molar-refractivity contribution in [2.45, 2.75) is 42.2 Å². The second-order valence-electron chi connectivity index (χ2n) is 5.76. The van der Waals surface area contributed by atoms with Crippen molar-refractivity contribution in [3.8, 4) is 0 Å². The molecule has 0 aromatic carbocycles. The molecule has 160 valence electrons. The molecule has 0 amide bonds. The monoisotopic (exact) mass is 430 g/mol. The number of hydrogen-bond donors (Lipinski definition) is 0. The Kier molecular flexibility index (Phi) is 5.65. The van der Waals surface area contributed by atoms with Gasteiger partial charge in [0, 0.05) is 32.4 Å². The molecule has 0 aromatic heterocycles. The lowest BCUT2D eigenvalue weighted by Gasteiger charge is -2.40. The quantitative estimate of drug-likeness (QED) is 0.536. The van der Waals surface area contributed by atoms with E-state index < -0.39 is 48.8 Å². The van der Waals surface area contributed by atoms with Gasteiger partial charge in [0.15, 0.2) is 0 Å². The van der Waals surface area contributed by atoms with E-state index in [0.717, 1.165) is 11.1 Å². The van der Waals surface area contributed by atoms with Gasteiger partial charge in [-0.2, -0.15) is 57.1 Å². The number of rotatable bonds is 7. The van der Waals surface area contributed by atoms with Crippen LogP contribution in [0.15, 0.2) is 12.4 Å². The molecule has 0 saturated heterocycles. The highest BCUT2D eigenvalue weighted by Gasteiger charge is 2.90. The molecule has 0 aliphatic carbocycles. The minimum atomic E-state index is -7.85. The van der Waals surface area contributed by atoms with Crippen molar-refractivity contribution in [1.82, 2.24) is 9.80 Å². The van der Waals surface area contributed by atoms with Crippen LogP contribution >= 0.6 is 0 Å². The Labute approximate surface area is 143 Å². The Balaban J connectivity index is 3.15. The van der Waals surface area contributed by atoms with Crippen molar-refractivity contribution in [1.29, 1.82) is 0 Å². The maximum absolute atomic E-state index is 13.5. The van der Waals surface area contributed by atoms with Gasteiger partial charge >= 0.3 is 35.8 Å². The van der Waals surface area contributed by atoms with Gasteiger partial charge in [0.05, 0.1) is 6.67 Å². The first-order valence-corrected chi connectivity index (χ1v) is 6.81.